The third-order valence-electron chi connectivity index (χ3n) is 5.43. The quantitative estimate of drug-likeness (QED) is 0.872. The lowest BCUT2D eigenvalue weighted by Crippen LogP contribution is -2.51. The van der Waals surface area contributed by atoms with E-state index in [1.54, 1.807) is 0 Å². The average molecular weight is 369 g/mol. The number of rotatable bonds is 5. The Bertz CT molecular complexity index is 734. The topological polar surface area (TPSA) is 74.5 Å². The van der Waals surface area contributed by atoms with Gasteiger partial charge in [-0.25, -0.2) is 0 Å². The van der Waals surface area contributed by atoms with Crippen LogP contribution in [0.25, 0.3) is 11.5 Å². The molecule has 0 atom stereocenters. The number of piperazine rings is 1. The van der Waals surface area contributed by atoms with Gasteiger partial charge in [-0.1, -0.05) is 37.5 Å². The minimum absolute atomic E-state index is 0.154. The highest BCUT2D eigenvalue weighted by atomic mass is 16.5. The molecule has 7 nitrogen and oxygen atoms in total. The first-order chi connectivity index (χ1) is 13.3. The van der Waals surface area contributed by atoms with Gasteiger partial charge in [-0.2, -0.15) is 4.98 Å². The summed E-state index contributed by atoms with van der Waals surface area (Å²) in [6, 6.07) is 10.2. The van der Waals surface area contributed by atoms with E-state index in [0.717, 1.165) is 44.6 Å². The highest BCUT2D eigenvalue weighted by Gasteiger charge is 2.23. The Balaban J connectivity index is 1.25. The van der Waals surface area contributed by atoms with Crippen LogP contribution in [0.4, 0.5) is 5.95 Å². The van der Waals surface area contributed by atoms with Crippen LogP contribution in [0.15, 0.2) is 34.9 Å². The van der Waals surface area contributed by atoms with Gasteiger partial charge in [0.1, 0.15) is 0 Å². The van der Waals surface area contributed by atoms with Crippen LogP contribution in [0.2, 0.25) is 0 Å². The Morgan fingerprint density at radius 2 is 1.81 bits per heavy atom. The first-order valence-corrected chi connectivity index (χ1v) is 9.94. The molecule has 1 amide bonds. The Morgan fingerprint density at radius 3 is 2.56 bits per heavy atom. The summed E-state index contributed by atoms with van der Waals surface area (Å²) in [6.45, 7) is 3.72. The van der Waals surface area contributed by atoms with Crippen molar-refractivity contribution >= 4 is 11.9 Å². The molecule has 0 unspecified atom stereocenters. The molecule has 27 heavy (non-hydrogen) atoms. The van der Waals surface area contributed by atoms with E-state index in [4.69, 9.17) is 4.52 Å². The number of hydrogen-bond donors (Lipinski definition) is 1. The first kappa shape index (κ1) is 18.0. The van der Waals surface area contributed by atoms with Crippen molar-refractivity contribution in [1.29, 1.82) is 0 Å². The van der Waals surface area contributed by atoms with E-state index in [-0.39, 0.29) is 5.91 Å². The third kappa shape index (κ3) is 4.66. The molecule has 1 aliphatic heterocycles. The predicted molar refractivity (Wildman–Crippen MR) is 103 cm³/mol. The third-order valence-corrected chi connectivity index (χ3v) is 5.43. The van der Waals surface area contributed by atoms with Gasteiger partial charge in [0.15, 0.2) is 0 Å². The molecule has 2 fully saturated rings. The maximum Gasteiger partial charge on any atom is 0.266 e. The fraction of sp³-hybridized carbons (Fsp3) is 0.550. The van der Waals surface area contributed by atoms with Crippen LogP contribution >= 0.6 is 0 Å². The number of nitrogens with zero attached hydrogens (tertiary/aromatic N) is 4. The summed E-state index contributed by atoms with van der Waals surface area (Å²) in [6.07, 6.45) is 6.02. The summed E-state index contributed by atoms with van der Waals surface area (Å²) in [4.78, 5) is 21.1. The number of nitrogens with one attached hydrogen (secondary N) is 1. The van der Waals surface area contributed by atoms with Crippen LogP contribution in [0, 0.1) is 0 Å². The Kier molecular flexibility index (Phi) is 5.67. The van der Waals surface area contributed by atoms with E-state index < -0.39 is 0 Å². The van der Waals surface area contributed by atoms with Gasteiger partial charge in [0.2, 0.25) is 5.91 Å². The van der Waals surface area contributed by atoms with Crippen LogP contribution in [0.3, 0.4) is 0 Å². The van der Waals surface area contributed by atoms with Gasteiger partial charge in [-0.05, 0) is 30.1 Å². The van der Waals surface area contributed by atoms with Gasteiger partial charge >= 0.3 is 0 Å². The molecule has 1 saturated carbocycles. The largest absolute Gasteiger partial charge is 0.352 e. The molecule has 144 valence electrons. The summed E-state index contributed by atoms with van der Waals surface area (Å²) < 4.78 is 5.40. The molecule has 0 bridgehead atoms. The second kappa shape index (κ2) is 8.52. The Morgan fingerprint density at radius 1 is 1.07 bits per heavy atom. The molecule has 2 aliphatic rings. The first-order valence-electron chi connectivity index (χ1n) is 9.94. The molecular weight excluding hydrogens is 342 g/mol. The molecule has 1 aromatic carbocycles. The fourth-order valence-electron chi connectivity index (χ4n) is 3.87. The molecule has 0 spiro atoms. The molecule has 1 N–H and O–H groups in total. The maximum absolute atomic E-state index is 12.3. The Hall–Kier alpha value is -2.41. The van der Waals surface area contributed by atoms with Gasteiger partial charge in [0, 0.05) is 37.8 Å². The molecule has 1 aliphatic carbocycles. The standard InChI is InChI=1S/C20H27N5O2/c26-18(21-17-9-5-2-6-10-17)15-24-11-13-25(14-12-24)20-22-19(27-23-20)16-7-3-1-4-8-16/h1,3-4,7-8,17H,2,5-6,9-15H2,(H,21,26). The molecule has 1 saturated heterocycles. The monoisotopic (exact) mass is 369 g/mol. The predicted octanol–water partition coefficient (Wildman–Crippen LogP) is 2.31. The van der Waals surface area contributed by atoms with Crippen LogP contribution < -0.4 is 10.2 Å². The van der Waals surface area contributed by atoms with Crippen molar-refractivity contribution in [1.82, 2.24) is 20.4 Å². The number of anilines is 1. The number of hydrogen-bond acceptors (Lipinski definition) is 6. The van der Waals surface area contributed by atoms with Crippen molar-refractivity contribution in [2.24, 2.45) is 0 Å². The number of aromatic nitrogens is 2. The molecule has 7 heteroatoms. The minimum atomic E-state index is 0.154. The molecule has 1 aromatic heterocycles. The number of amides is 1. The molecular formula is C20H27N5O2. The van der Waals surface area contributed by atoms with Crippen LogP contribution in [0.1, 0.15) is 32.1 Å². The van der Waals surface area contributed by atoms with Crippen molar-refractivity contribution < 1.29 is 9.32 Å². The van der Waals surface area contributed by atoms with E-state index in [1.165, 1.54) is 19.3 Å². The number of carbonyl (C=O) groups is 1. The zero-order valence-corrected chi connectivity index (χ0v) is 15.6. The summed E-state index contributed by atoms with van der Waals surface area (Å²) in [7, 11) is 0. The van der Waals surface area contributed by atoms with E-state index in [0.29, 0.717) is 24.4 Å². The van der Waals surface area contributed by atoms with E-state index >= 15 is 0 Å². The summed E-state index contributed by atoms with van der Waals surface area (Å²) in [5.74, 6) is 1.32. The van der Waals surface area contributed by atoms with E-state index in [2.05, 4.69) is 25.3 Å². The lowest BCUT2D eigenvalue weighted by Gasteiger charge is -2.33. The smallest absolute Gasteiger partial charge is 0.266 e. The van der Waals surface area contributed by atoms with Crippen LogP contribution in [0.5, 0.6) is 0 Å². The average Bonchev–Trinajstić information content (AvgIpc) is 3.20. The van der Waals surface area contributed by atoms with Crippen molar-refractivity contribution in [3.8, 4) is 11.5 Å². The van der Waals surface area contributed by atoms with Crippen LogP contribution in [-0.4, -0.2) is 59.7 Å². The summed E-state index contributed by atoms with van der Waals surface area (Å²) in [5, 5.41) is 7.32. The molecule has 0 radical (unpaired) electrons. The summed E-state index contributed by atoms with van der Waals surface area (Å²) in [5.41, 5.74) is 0.925. The zero-order chi connectivity index (χ0) is 18.5. The fourth-order valence-corrected chi connectivity index (χ4v) is 3.87. The highest BCUT2D eigenvalue weighted by molar-refractivity contribution is 5.78. The van der Waals surface area contributed by atoms with Crippen molar-refractivity contribution in [3.63, 3.8) is 0 Å². The van der Waals surface area contributed by atoms with Gasteiger partial charge in [0.05, 0.1) is 6.54 Å². The number of carbonyl (C=O) groups excluding carboxylic acids is 1. The second-order valence-corrected chi connectivity index (χ2v) is 7.43. The number of benzene rings is 1. The summed E-state index contributed by atoms with van der Waals surface area (Å²) >= 11 is 0. The van der Waals surface area contributed by atoms with Crippen molar-refractivity contribution in [2.45, 2.75) is 38.1 Å². The zero-order valence-electron chi connectivity index (χ0n) is 15.6. The lowest BCUT2D eigenvalue weighted by atomic mass is 9.95. The normalized spacial score (nSPS) is 19.2. The lowest BCUT2D eigenvalue weighted by molar-refractivity contribution is -0.123. The molecule has 4 rings (SSSR count). The molecule has 2 heterocycles. The van der Waals surface area contributed by atoms with Gasteiger partial charge < -0.3 is 14.7 Å². The minimum Gasteiger partial charge on any atom is -0.352 e. The van der Waals surface area contributed by atoms with Gasteiger partial charge in [-0.3, -0.25) is 9.69 Å². The van der Waals surface area contributed by atoms with E-state index in [9.17, 15) is 4.79 Å². The Labute approximate surface area is 159 Å². The van der Waals surface area contributed by atoms with Crippen molar-refractivity contribution in [2.75, 3.05) is 37.6 Å². The second-order valence-electron chi connectivity index (χ2n) is 7.43. The van der Waals surface area contributed by atoms with E-state index in [1.807, 2.05) is 30.3 Å². The highest BCUT2D eigenvalue weighted by Crippen LogP contribution is 2.21. The van der Waals surface area contributed by atoms with Crippen molar-refractivity contribution in [3.05, 3.63) is 30.3 Å². The van der Waals surface area contributed by atoms with Gasteiger partial charge in [0.25, 0.3) is 11.8 Å². The molecule has 2 aromatic rings. The SMILES string of the molecule is O=C(CN1CCN(c2noc(-c3ccccc3)n2)CC1)NC1CCCCC1. The maximum atomic E-state index is 12.3. The van der Waals surface area contributed by atoms with Crippen LogP contribution in [-0.2, 0) is 4.79 Å². The van der Waals surface area contributed by atoms with Gasteiger partial charge in [-0.15, -0.1) is 0 Å².